The third-order valence-corrected chi connectivity index (χ3v) is 3.15. The summed E-state index contributed by atoms with van der Waals surface area (Å²) < 4.78 is 23.7. The summed E-state index contributed by atoms with van der Waals surface area (Å²) in [5.74, 6) is 3.05. The van der Waals surface area contributed by atoms with E-state index in [1.54, 1.807) is 0 Å². The molecule has 1 aromatic heterocycles. The van der Waals surface area contributed by atoms with Crippen LogP contribution in [0.25, 0.3) is 0 Å². The first kappa shape index (κ1) is 17.5. The van der Waals surface area contributed by atoms with Crippen molar-refractivity contribution in [1.29, 1.82) is 0 Å². The second-order valence-corrected chi connectivity index (χ2v) is 4.99. The number of hydrogen-bond acceptors (Lipinski definition) is 5. The highest BCUT2D eigenvalue weighted by atomic mass is 19.1. The SMILES string of the molecule is C#CCOc1ccc(F)cc1NC(=O)CCCc1nc(CC)no1. The number of terminal acetylenes is 1. The Morgan fingerprint density at radius 3 is 3.04 bits per heavy atom. The summed E-state index contributed by atoms with van der Waals surface area (Å²) >= 11 is 0. The van der Waals surface area contributed by atoms with Crippen LogP contribution in [0.4, 0.5) is 10.1 Å². The van der Waals surface area contributed by atoms with Crippen molar-refractivity contribution in [2.75, 3.05) is 11.9 Å². The maximum Gasteiger partial charge on any atom is 0.226 e. The topological polar surface area (TPSA) is 77.2 Å². The van der Waals surface area contributed by atoms with Gasteiger partial charge in [0.05, 0.1) is 5.69 Å². The zero-order valence-corrected chi connectivity index (χ0v) is 13.3. The van der Waals surface area contributed by atoms with E-state index in [2.05, 4.69) is 21.4 Å². The Kier molecular flexibility index (Phi) is 6.32. The molecule has 2 aromatic rings. The fraction of sp³-hybridized carbons (Fsp3) is 0.353. The predicted octanol–water partition coefficient (Wildman–Crippen LogP) is 2.74. The van der Waals surface area contributed by atoms with Gasteiger partial charge < -0.3 is 14.6 Å². The fourth-order valence-corrected chi connectivity index (χ4v) is 1.99. The molecule has 2 rings (SSSR count). The molecule has 1 heterocycles. The van der Waals surface area contributed by atoms with Crippen molar-refractivity contribution in [2.24, 2.45) is 0 Å². The number of aryl methyl sites for hydroxylation is 2. The van der Waals surface area contributed by atoms with Gasteiger partial charge in [0.2, 0.25) is 11.8 Å². The van der Waals surface area contributed by atoms with Gasteiger partial charge in [-0.1, -0.05) is 18.0 Å². The van der Waals surface area contributed by atoms with Crippen LogP contribution in [0.1, 0.15) is 31.5 Å². The molecule has 0 aliphatic heterocycles. The quantitative estimate of drug-likeness (QED) is 0.753. The molecular formula is C17H18FN3O3. The van der Waals surface area contributed by atoms with E-state index in [0.717, 1.165) is 0 Å². The molecule has 0 saturated heterocycles. The maximum absolute atomic E-state index is 13.4. The number of carbonyl (C=O) groups is 1. The second-order valence-electron chi connectivity index (χ2n) is 4.99. The lowest BCUT2D eigenvalue weighted by molar-refractivity contribution is -0.116. The van der Waals surface area contributed by atoms with Gasteiger partial charge >= 0.3 is 0 Å². The summed E-state index contributed by atoms with van der Waals surface area (Å²) in [5, 5.41) is 6.41. The molecule has 0 atom stereocenters. The van der Waals surface area contributed by atoms with E-state index in [4.69, 9.17) is 15.7 Å². The van der Waals surface area contributed by atoms with Crippen LogP contribution in [-0.2, 0) is 17.6 Å². The molecule has 0 unspecified atom stereocenters. The number of benzene rings is 1. The van der Waals surface area contributed by atoms with Gasteiger partial charge in [-0.05, 0) is 18.6 Å². The normalized spacial score (nSPS) is 10.2. The molecule has 24 heavy (non-hydrogen) atoms. The number of ether oxygens (including phenoxy) is 1. The minimum Gasteiger partial charge on any atom is -0.479 e. The van der Waals surface area contributed by atoms with Crippen LogP contribution in [0.3, 0.4) is 0 Å². The number of halogens is 1. The Morgan fingerprint density at radius 1 is 1.50 bits per heavy atom. The molecule has 6 nitrogen and oxygen atoms in total. The van der Waals surface area contributed by atoms with Gasteiger partial charge in [0, 0.05) is 25.3 Å². The monoisotopic (exact) mass is 331 g/mol. The van der Waals surface area contributed by atoms with Gasteiger partial charge in [0.1, 0.15) is 18.2 Å². The summed E-state index contributed by atoms with van der Waals surface area (Å²) in [6.07, 6.45) is 7.10. The number of carbonyl (C=O) groups excluding carboxylic acids is 1. The highest BCUT2D eigenvalue weighted by Gasteiger charge is 2.11. The first-order valence-corrected chi connectivity index (χ1v) is 7.59. The van der Waals surface area contributed by atoms with E-state index >= 15 is 0 Å². The van der Waals surface area contributed by atoms with E-state index in [1.807, 2.05) is 6.92 Å². The Hall–Kier alpha value is -2.88. The van der Waals surface area contributed by atoms with Gasteiger partial charge in [0.25, 0.3) is 0 Å². The van der Waals surface area contributed by atoms with Crippen molar-refractivity contribution in [1.82, 2.24) is 10.1 Å². The maximum atomic E-state index is 13.4. The molecule has 7 heteroatoms. The van der Waals surface area contributed by atoms with Crippen LogP contribution in [-0.4, -0.2) is 22.7 Å². The molecular weight excluding hydrogens is 313 g/mol. The molecule has 1 amide bonds. The lowest BCUT2D eigenvalue weighted by atomic mass is 10.2. The number of rotatable bonds is 8. The molecule has 1 aromatic carbocycles. The smallest absolute Gasteiger partial charge is 0.226 e. The van der Waals surface area contributed by atoms with Crippen LogP contribution in [0, 0.1) is 18.2 Å². The molecule has 0 aliphatic carbocycles. The average molecular weight is 331 g/mol. The lowest BCUT2D eigenvalue weighted by Crippen LogP contribution is -2.13. The first-order chi connectivity index (χ1) is 11.6. The summed E-state index contributed by atoms with van der Waals surface area (Å²) in [6, 6.07) is 3.85. The van der Waals surface area contributed by atoms with Crippen molar-refractivity contribution in [3.05, 3.63) is 35.7 Å². The molecule has 0 radical (unpaired) electrons. The van der Waals surface area contributed by atoms with Crippen molar-refractivity contribution in [3.63, 3.8) is 0 Å². The van der Waals surface area contributed by atoms with Gasteiger partial charge in [0.15, 0.2) is 5.82 Å². The predicted molar refractivity (Wildman–Crippen MR) is 86.0 cm³/mol. The van der Waals surface area contributed by atoms with Crippen LogP contribution in [0.2, 0.25) is 0 Å². The Labute approximate surface area is 139 Å². The highest BCUT2D eigenvalue weighted by Crippen LogP contribution is 2.25. The van der Waals surface area contributed by atoms with Crippen molar-refractivity contribution in [2.45, 2.75) is 32.6 Å². The first-order valence-electron chi connectivity index (χ1n) is 7.59. The summed E-state index contributed by atoms with van der Waals surface area (Å²) in [4.78, 5) is 16.2. The Morgan fingerprint density at radius 2 is 2.33 bits per heavy atom. The minimum absolute atomic E-state index is 0.0332. The van der Waals surface area contributed by atoms with E-state index in [0.29, 0.717) is 36.7 Å². The summed E-state index contributed by atoms with van der Waals surface area (Å²) in [5.41, 5.74) is 0.251. The minimum atomic E-state index is -0.476. The molecule has 126 valence electrons. The van der Waals surface area contributed by atoms with Gasteiger partial charge in [-0.3, -0.25) is 4.79 Å². The summed E-state index contributed by atoms with van der Waals surface area (Å²) in [6.45, 7) is 1.96. The molecule has 0 aliphatic rings. The van der Waals surface area contributed by atoms with Gasteiger partial charge in [-0.2, -0.15) is 4.98 Å². The summed E-state index contributed by atoms with van der Waals surface area (Å²) in [7, 11) is 0. The number of anilines is 1. The number of hydrogen-bond donors (Lipinski definition) is 1. The third-order valence-electron chi connectivity index (χ3n) is 3.15. The van der Waals surface area contributed by atoms with Crippen molar-refractivity contribution < 1.29 is 18.4 Å². The third kappa shape index (κ3) is 5.09. The van der Waals surface area contributed by atoms with Crippen LogP contribution in [0.15, 0.2) is 22.7 Å². The molecule has 0 saturated carbocycles. The Bertz CT molecular complexity index is 737. The lowest BCUT2D eigenvalue weighted by Gasteiger charge is -2.11. The number of aromatic nitrogens is 2. The average Bonchev–Trinajstić information content (AvgIpc) is 3.02. The highest BCUT2D eigenvalue weighted by molar-refractivity contribution is 5.92. The zero-order chi connectivity index (χ0) is 17.4. The molecule has 0 spiro atoms. The van der Waals surface area contributed by atoms with Crippen LogP contribution in [0.5, 0.6) is 5.75 Å². The fourth-order valence-electron chi connectivity index (χ4n) is 1.99. The second kappa shape index (κ2) is 8.67. The number of amides is 1. The van der Waals surface area contributed by atoms with Crippen LogP contribution < -0.4 is 10.1 Å². The molecule has 1 N–H and O–H groups in total. The van der Waals surface area contributed by atoms with Crippen LogP contribution >= 0.6 is 0 Å². The molecule has 0 fully saturated rings. The van der Waals surface area contributed by atoms with E-state index in [-0.39, 0.29) is 24.6 Å². The van der Waals surface area contributed by atoms with E-state index in [1.165, 1.54) is 18.2 Å². The number of nitrogens with zero attached hydrogens (tertiary/aromatic N) is 2. The van der Waals surface area contributed by atoms with E-state index in [9.17, 15) is 9.18 Å². The van der Waals surface area contributed by atoms with Gasteiger partial charge in [-0.25, -0.2) is 4.39 Å². The van der Waals surface area contributed by atoms with Crippen molar-refractivity contribution in [3.8, 4) is 18.1 Å². The zero-order valence-electron chi connectivity index (χ0n) is 13.3. The molecule has 0 bridgehead atoms. The largest absolute Gasteiger partial charge is 0.479 e. The Balaban J connectivity index is 1.87. The van der Waals surface area contributed by atoms with Gasteiger partial charge in [-0.15, -0.1) is 6.42 Å². The van der Waals surface area contributed by atoms with Crippen molar-refractivity contribution >= 4 is 11.6 Å². The van der Waals surface area contributed by atoms with E-state index < -0.39 is 5.82 Å². The standard InChI is InChI=1S/C17H18FN3O3/c1-3-10-23-14-9-8-12(18)11-13(14)19-16(22)6-5-7-17-20-15(4-2)21-24-17/h1,8-9,11H,4-7,10H2,2H3,(H,19,22). The number of nitrogens with one attached hydrogen (secondary N) is 1.